The van der Waals surface area contributed by atoms with Gasteiger partial charge in [0.15, 0.2) is 0 Å². The van der Waals surface area contributed by atoms with Crippen molar-refractivity contribution in [1.29, 1.82) is 5.26 Å². The van der Waals surface area contributed by atoms with E-state index in [4.69, 9.17) is 9.84 Å². The second-order valence-electron chi connectivity index (χ2n) is 8.66. The number of carbonyl (C=O) groups is 2. The molecule has 0 amide bonds. The maximum atomic E-state index is 12.0. The van der Waals surface area contributed by atoms with Gasteiger partial charge in [-0.25, -0.2) is 0 Å². The molecule has 1 aromatic carbocycles. The monoisotopic (exact) mass is 439 g/mol. The first kappa shape index (κ1) is 23.8. The molecule has 1 aliphatic carbocycles. The number of aryl methyl sites for hydroxylation is 1. The molecular formula is C25H33N3O4. The van der Waals surface area contributed by atoms with Gasteiger partial charge in [0.2, 0.25) is 0 Å². The molecule has 0 bridgehead atoms. The first-order valence-electron chi connectivity index (χ1n) is 11.7. The van der Waals surface area contributed by atoms with E-state index in [9.17, 15) is 20.0 Å². The number of ether oxygens (including phenoxy) is 1. The van der Waals surface area contributed by atoms with E-state index < -0.39 is 11.4 Å². The number of aromatic nitrogens is 2. The van der Waals surface area contributed by atoms with E-state index in [2.05, 4.69) is 17.7 Å². The van der Waals surface area contributed by atoms with Crippen molar-refractivity contribution in [3.8, 4) is 6.07 Å². The fraction of sp³-hybridized carbons (Fsp3) is 0.600. The molecule has 172 valence electrons. The predicted molar refractivity (Wildman–Crippen MR) is 121 cm³/mol. The van der Waals surface area contributed by atoms with Crippen LogP contribution in [0.5, 0.6) is 0 Å². The Morgan fingerprint density at radius 1 is 1.22 bits per heavy atom. The van der Waals surface area contributed by atoms with Gasteiger partial charge in [-0.2, -0.15) is 10.4 Å². The Kier molecular flexibility index (Phi) is 7.89. The van der Waals surface area contributed by atoms with Crippen LogP contribution in [0.4, 0.5) is 0 Å². The molecule has 1 atom stereocenters. The smallest absolute Gasteiger partial charge is 0.305 e. The van der Waals surface area contributed by atoms with Gasteiger partial charge in [-0.3, -0.25) is 14.3 Å². The van der Waals surface area contributed by atoms with Crippen molar-refractivity contribution in [2.75, 3.05) is 6.61 Å². The molecule has 1 aliphatic rings. The van der Waals surface area contributed by atoms with Crippen LogP contribution in [0.2, 0.25) is 0 Å². The molecule has 0 aliphatic heterocycles. The molecule has 0 spiro atoms. The van der Waals surface area contributed by atoms with Crippen LogP contribution in [0.3, 0.4) is 0 Å². The fourth-order valence-corrected chi connectivity index (χ4v) is 4.82. The van der Waals surface area contributed by atoms with Crippen LogP contribution in [0.15, 0.2) is 18.2 Å². The van der Waals surface area contributed by atoms with Gasteiger partial charge in [-0.05, 0) is 50.7 Å². The highest BCUT2D eigenvalue weighted by Gasteiger charge is 2.34. The largest absolute Gasteiger partial charge is 0.481 e. The lowest BCUT2D eigenvalue weighted by molar-refractivity contribution is -0.143. The Balaban J connectivity index is 2.05. The highest BCUT2D eigenvalue weighted by Crippen LogP contribution is 2.38. The number of carboxylic acids is 1. The lowest BCUT2D eigenvalue weighted by Gasteiger charge is -2.27. The number of hydrogen-bond acceptors (Lipinski definition) is 5. The molecule has 1 unspecified atom stereocenters. The number of fused-ring (bicyclic) bond motifs is 1. The zero-order chi connectivity index (χ0) is 23.1. The van der Waals surface area contributed by atoms with Crippen LogP contribution in [0, 0.1) is 11.3 Å². The minimum Gasteiger partial charge on any atom is -0.481 e. The van der Waals surface area contributed by atoms with E-state index in [0.717, 1.165) is 41.4 Å². The SMILES string of the molecule is CCOC(=O)CCC(C#N)(CCC(=O)O)c1ccc2c(CC)nn(C3CCCCC3)c2c1. The first-order valence-corrected chi connectivity index (χ1v) is 11.7. The molecule has 1 heterocycles. The second-order valence-corrected chi connectivity index (χ2v) is 8.66. The summed E-state index contributed by atoms with van der Waals surface area (Å²) in [5.41, 5.74) is 1.71. The topological polar surface area (TPSA) is 105 Å². The fourth-order valence-electron chi connectivity index (χ4n) is 4.82. The molecule has 1 fully saturated rings. The second kappa shape index (κ2) is 10.6. The average Bonchev–Trinajstić information content (AvgIpc) is 3.18. The summed E-state index contributed by atoms with van der Waals surface area (Å²) in [6, 6.07) is 8.63. The van der Waals surface area contributed by atoms with Gasteiger partial charge in [0.25, 0.3) is 0 Å². The summed E-state index contributed by atoms with van der Waals surface area (Å²) in [5.74, 6) is -1.33. The van der Waals surface area contributed by atoms with Crippen molar-refractivity contribution in [3.05, 3.63) is 29.5 Å². The van der Waals surface area contributed by atoms with Crippen molar-refractivity contribution < 1.29 is 19.4 Å². The summed E-state index contributed by atoms with van der Waals surface area (Å²) in [4.78, 5) is 23.4. The lowest BCUT2D eigenvalue weighted by atomic mass is 9.74. The van der Waals surface area contributed by atoms with Crippen LogP contribution >= 0.6 is 0 Å². The average molecular weight is 440 g/mol. The van der Waals surface area contributed by atoms with Crippen LogP contribution in [0.1, 0.15) is 88.9 Å². The van der Waals surface area contributed by atoms with Crippen molar-refractivity contribution in [2.45, 2.75) is 89.5 Å². The third kappa shape index (κ3) is 5.12. The maximum absolute atomic E-state index is 12.0. The van der Waals surface area contributed by atoms with E-state index in [1.165, 1.54) is 19.3 Å². The van der Waals surface area contributed by atoms with Crippen molar-refractivity contribution in [3.63, 3.8) is 0 Å². The summed E-state index contributed by atoms with van der Waals surface area (Å²) in [6.07, 6.45) is 6.92. The minimum absolute atomic E-state index is 0.0706. The molecule has 0 saturated heterocycles. The molecule has 7 heteroatoms. The van der Waals surface area contributed by atoms with Crippen LogP contribution in [-0.4, -0.2) is 33.4 Å². The van der Waals surface area contributed by atoms with Gasteiger partial charge in [0.05, 0.1) is 35.3 Å². The Hall–Kier alpha value is -2.88. The van der Waals surface area contributed by atoms with E-state index in [1.54, 1.807) is 6.92 Å². The zero-order valence-electron chi connectivity index (χ0n) is 19.1. The number of benzene rings is 1. The van der Waals surface area contributed by atoms with E-state index in [-0.39, 0.29) is 38.3 Å². The third-order valence-corrected chi connectivity index (χ3v) is 6.63. The summed E-state index contributed by atoms with van der Waals surface area (Å²) in [7, 11) is 0. The summed E-state index contributed by atoms with van der Waals surface area (Å²) in [6.45, 7) is 4.11. The number of rotatable bonds is 10. The molecular weight excluding hydrogens is 406 g/mol. The summed E-state index contributed by atoms with van der Waals surface area (Å²) >= 11 is 0. The van der Waals surface area contributed by atoms with E-state index >= 15 is 0 Å². The van der Waals surface area contributed by atoms with Gasteiger partial charge in [0.1, 0.15) is 0 Å². The highest BCUT2D eigenvalue weighted by molar-refractivity contribution is 5.83. The van der Waals surface area contributed by atoms with E-state index in [1.807, 2.05) is 18.2 Å². The van der Waals surface area contributed by atoms with Crippen molar-refractivity contribution >= 4 is 22.8 Å². The van der Waals surface area contributed by atoms with Gasteiger partial charge in [-0.1, -0.05) is 38.3 Å². The van der Waals surface area contributed by atoms with Crippen LogP contribution in [0.25, 0.3) is 10.9 Å². The van der Waals surface area contributed by atoms with Gasteiger partial charge >= 0.3 is 11.9 Å². The molecule has 3 rings (SSSR count). The number of carboxylic acid groups (broad SMARTS) is 1. The minimum atomic E-state index is -1.08. The number of nitriles is 1. The number of nitrogens with zero attached hydrogens (tertiary/aromatic N) is 3. The first-order chi connectivity index (χ1) is 15.4. The summed E-state index contributed by atoms with van der Waals surface area (Å²) in [5, 5.41) is 25.5. The van der Waals surface area contributed by atoms with Crippen LogP contribution < -0.4 is 0 Å². The molecule has 32 heavy (non-hydrogen) atoms. The molecule has 1 N–H and O–H groups in total. The Bertz CT molecular complexity index is 1000. The molecule has 1 aromatic heterocycles. The maximum Gasteiger partial charge on any atom is 0.305 e. The lowest BCUT2D eigenvalue weighted by Crippen LogP contribution is -2.27. The number of carbonyl (C=O) groups excluding carboxylic acids is 1. The van der Waals surface area contributed by atoms with Crippen molar-refractivity contribution in [2.24, 2.45) is 0 Å². The van der Waals surface area contributed by atoms with E-state index in [0.29, 0.717) is 6.04 Å². The van der Waals surface area contributed by atoms with Gasteiger partial charge < -0.3 is 9.84 Å². The molecule has 2 aromatic rings. The van der Waals surface area contributed by atoms with Crippen LogP contribution in [-0.2, 0) is 26.2 Å². The highest BCUT2D eigenvalue weighted by atomic mass is 16.5. The van der Waals surface area contributed by atoms with Gasteiger partial charge in [0, 0.05) is 18.2 Å². The number of esters is 1. The zero-order valence-corrected chi connectivity index (χ0v) is 19.1. The summed E-state index contributed by atoms with van der Waals surface area (Å²) < 4.78 is 7.18. The quantitative estimate of drug-likeness (QED) is 0.518. The van der Waals surface area contributed by atoms with Crippen molar-refractivity contribution in [1.82, 2.24) is 9.78 Å². The molecule has 0 radical (unpaired) electrons. The third-order valence-electron chi connectivity index (χ3n) is 6.63. The van der Waals surface area contributed by atoms with Gasteiger partial charge in [-0.15, -0.1) is 0 Å². The number of aliphatic carboxylic acids is 1. The Labute approximate surface area is 189 Å². The molecule has 7 nitrogen and oxygen atoms in total. The standard InChI is InChI=1S/C25H33N3O4/c1-3-21-20-11-10-18(16-22(20)28(27-21)19-8-6-5-7-9-19)25(17-26,14-12-23(29)30)15-13-24(31)32-4-2/h10-11,16,19H,3-9,12-15H2,1-2H3,(H,29,30). The molecule has 1 saturated carbocycles. The normalized spacial score (nSPS) is 16.4. The Morgan fingerprint density at radius 3 is 2.56 bits per heavy atom. The predicted octanol–water partition coefficient (Wildman–Crippen LogP) is 5.07. The Morgan fingerprint density at radius 2 is 1.94 bits per heavy atom. The number of hydrogen-bond donors (Lipinski definition) is 1.